The topological polar surface area (TPSA) is 43.4 Å². The average molecular weight is 306 g/mol. The lowest BCUT2D eigenvalue weighted by Crippen LogP contribution is -2.24. The van der Waals surface area contributed by atoms with Gasteiger partial charge in [-0.1, -0.05) is 6.92 Å². The monoisotopic (exact) mass is 306 g/mol. The first-order valence-corrected chi connectivity index (χ1v) is 7.98. The van der Waals surface area contributed by atoms with E-state index in [-0.39, 0.29) is 6.04 Å². The number of nitrogens with zero attached hydrogens (tertiary/aromatic N) is 1. The summed E-state index contributed by atoms with van der Waals surface area (Å²) in [5.41, 5.74) is 3.05. The van der Waals surface area contributed by atoms with Gasteiger partial charge >= 0.3 is 0 Å². The number of methoxy groups -OCH3 is 2. The molecule has 114 valence electrons. The maximum atomic E-state index is 5.37. The predicted octanol–water partition coefficient (Wildman–Crippen LogP) is 3.44. The molecule has 21 heavy (non-hydrogen) atoms. The minimum atomic E-state index is 0.231. The third kappa shape index (κ3) is 4.44. The van der Waals surface area contributed by atoms with Crippen LogP contribution in [0.5, 0.6) is 11.5 Å². The number of aromatic nitrogens is 1. The molecule has 1 aromatic carbocycles. The molecule has 0 saturated carbocycles. The molecule has 0 saturated heterocycles. The molecular formula is C16H22N2O2S. The molecule has 5 heteroatoms. The number of benzene rings is 1. The molecule has 0 bridgehead atoms. The standard InChI is InChI=1S/C16H22N2O2S/c1-4-5-18-16(9-15-10-17-11-21-15)12-6-13(19-2)8-14(7-12)20-3/h6-8,10-11,16,18H,4-5,9H2,1-3H3. The lowest BCUT2D eigenvalue weighted by atomic mass is 10.0. The first-order valence-electron chi connectivity index (χ1n) is 7.10. The molecule has 1 atom stereocenters. The zero-order valence-electron chi connectivity index (χ0n) is 12.8. The second kappa shape index (κ2) is 8.00. The van der Waals surface area contributed by atoms with E-state index in [0.717, 1.165) is 30.9 Å². The van der Waals surface area contributed by atoms with Gasteiger partial charge < -0.3 is 14.8 Å². The van der Waals surface area contributed by atoms with Crippen LogP contribution in [-0.4, -0.2) is 25.7 Å². The lowest BCUT2D eigenvalue weighted by molar-refractivity contribution is 0.391. The Balaban J connectivity index is 2.25. The molecule has 0 amide bonds. The Labute approximate surface area is 130 Å². The summed E-state index contributed by atoms with van der Waals surface area (Å²) in [6.45, 7) is 3.14. The van der Waals surface area contributed by atoms with Crippen LogP contribution < -0.4 is 14.8 Å². The Morgan fingerprint density at radius 1 is 1.19 bits per heavy atom. The Bertz CT molecular complexity index is 521. The molecule has 1 unspecified atom stereocenters. The summed E-state index contributed by atoms with van der Waals surface area (Å²) < 4.78 is 10.7. The number of hydrogen-bond donors (Lipinski definition) is 1. The van der Waals surface area contributed by atoms with Crippen LogP contribution in [0.3, 0.4) is 0 Å². The highest BCUT2D eigenvalue weighted by molar-refractivity contribution is 7.09. The second-order valence-electron chi connectivity index (χ2n) is 4.82. The van der Waals surface area contributed by atoms with Crippen LogP contribution >= 0.6 is 11.3 Å². The van der Waals surface area contributed by atoms with E-state index in [1.165, 1.54) is 10.4 Å². The predicted molar refractivity (Wildman–Crippen MR) is 86.4 cm³/mol. The maximum Gasteiger partial charge on any atom is 0.122 e. The van der Waals surface area contributed by atoms with Crippen LogP contribution in [-0.2, 0) is 6.42 Å². The van der Waals surface area contributed by atoms with E-state index in [1.807, 2.05) is 17.8 Å². The smallest absolute Gasteiger partial charge is 0.122 e. The summed E-state index contributed by atoms with van der Waals surface area (Å²) in [7, 11) is 3.35. The summed E-state index contributed by atoms with van der Waals surface area (Å²) in [4.78, 5) is 5.43. The van der Waals surface area contributed by atoms with Crippen LogP contribution in [0.15, 0.2) is 29.9 Å². The lowest BCUT2D eigenvalue weighted by Gasteiger charge is -2.20. The largest absolute Gasteiger partial charge is 0.497 e. The van der Waals surface area contributed by atoms with Gasteiger partial charge in [0.2, 0.25) is 0 Å². The van der Waals surface area contributed by atoms with Crippen molar-refractivity contribution < 1.29 is 9.47 Å². The molecule has 1 aromatic heterocycles. The second-order valence-corrected chi connectivity index (χ2v) is 5.80. The molecule has 1 N–H and O–H groups in total. The summed E-state index contributed by atoms with van der Waals surface area (Å²) in [6.07, 6.45) is 3.95. The maximum absolute atomic E-state index is 5.37. The SMILES string of the molecule is CCCNC(Cc1cncs1)c1cc(OC)cc(OC)c1. The van der Waals surface area contributed by atoms with Crippen molar-refractivity contribution in [3.8, 4) is 11.5 Å². The van der Waals surface area contributed by atoms with Gasteiger partial charge in [-0.05, 0) is 30.7 Å². The quantitative estimate of drug-likeness (QED) is 0.811. The van der Waals surface area contributed by atoms with Crippen LogP contribution in [0.25, 0.3) is 0 Å². The van der Waals surface area contributed by atoms with E-state index < -0.39 is 0 Å². The molecular weight excluding hydrogens is 284 g/mol. The molecule has 2 rings (SSSR count). The van der Waals surface area contributed by atoms with Crippen molar-refractivity contribution in [1.82, 2.24) is 10.3 Å². The fraction of sp³-hybridized carbons (Fsp3) is 0.438. The van der Waals surface area contributed by atoms with Crippen molar-refractivity contribution in [3.63, 3.8) is 0 Å². The zero-order valence-corrected chi connectivity index (χ0v) is 13.6. The van der Waals surface area contributed by atoms with Crippen LogP contribution in [0.4, 0.5) is 0 Å². The van der Waals surface area contributed by atoms with Gasteiger partial charge in [-0.15, -0.1) is 11.3 Å². The van der Waals surface area contributed by atoms with Crippen molar-refractivity contribution in [2.24, 2.45) is 0 Å². The van der Waals surface area contributed by atoms with Gasteiger partial charge in [-0.2, -0.15) is 0 Å². The third-order valence-electron chi connectivity index (χ3n) is 3.31. The van der Waals surface area contributed by atoms with Gasteiger partial charge in [0.15, 0.2) is 0 Å². The number of ether oxygens (including phenoxy) is 2. The third-order valence-corrected chi connectivity index (χ3v) is 4.11. The minimum Gasteiger partial charge on any atom is -0.497 e. The zero-order chi connectivity index (χ0) is 15.1. The summed E-state index contributed by atoms with van der Waals surface area (Å²) in [5.74, 6) is 1.63. The molecule has 0 aliphatic carbocycles. The van der Waals surface area contributed by atoms with Gasteiger partial charge in [0.05, 0.1) is 19.7 Å². The summed E-state index contributed by atoms with van der Waals surface area (Å²) in [5, 5.41) is 3.59. The van der Waals surface area contributed by atoms with Gasteiger partial charge in [-0.3, -0.25) is 4.98 Å². The Morgan fingerprint density at radius 3 is 2.43 bits per heavy atom. The van der Waals surface area contributed by atoms with Gasteiger partial charge in [0, 0.05) is 29.6 Å². The van der Waals surface area contributed by atoms with E-state index in [2.05, 4.69) is 29.4 Å². The van der Waals surface area contributed by atoms with Crippen molar-refractivity contribution in [3.05, 3.63) is 40.3 Å². The van der Waals surface area contributed by atoms with Crippen molar-refractivity contribution in [2.75, 3.05) is 20.8 Å². The number of hydrogen-bond acceptors (Lipinski definition) is 5. The van der Waals surface area contributed by atoms with Crippen LogP contribution in [0.1, 0.15) is 29.8 Å². The first-order chi connectivity index (χ1) is 10.3. The molecule has 4 nitrogen and oxygen atoms in total. The first kappa shape index (κ1) is 15.8. The number of thiazole rings is 1. The molecule has 0 aliphatic heterocycles. The molecule has 0 aliphatic rings. The summed E-state index contributed by atoms with van der Waals surface area (Å²) >= 11 is 1.69. The van der Waals surface area contributed by atoms with Crippen molar-refractivity contribution in [1.29, 1.82) is 0 Å². The summed E-state index contributed by atoms with van der Waals surface area (Å²) in [6, 6.07) is 6.26. The van der Waals surface area contributed by atoms with E-state index in [9.17, 15) is 0 Å². The Hall–Kier alpha value is -1.59. The highest BCUT2D eigenvalue weighted by Gasteiger charge is 2.15. The van der Waals surface area contributed by atoms with Crippen LogP contribution in [0.2, 0.25) is 0 Å². The van der Waals surface area contributed by atoms with E-state index in [0.29, 0.717) is 0 Å². The molecule has 0 fully saturated rings. The normalized spacial score (nSPS) is 12.1. The van der Waals surface area contributed by atoms with E-state index >= 15 is 0 Å². The molecule has 0 spiro atoms. The Kier molecular flexibility index (Phi) is 6.02. The molecule has 1 heterocycles. The fourth-order valence-electron chi connectivity index (χ4n) is 2.20. The Morgan fingerprint density at radius 2 is 1.90 bits per heavy atom. The minimum absolute atomic E-state index is 0.231. The fourth-order valence-corrected chi connectivity index (χ4v) is 2.84. The van der Waals surface area contributed by atoms with Gasteiger partial charge in [0.25, 0.3) is 0 Å². The van der Waals surface area contributed by atoms with E-state index in [1.54, 1.807) is 25.6 Å². The highest BCUT2D eigenvalue weighted by Crippen LogP contribution is 2.28. The van der Waals surface area contributed by atoms with Crippen LogP contribution in [0, 0.1) is 0 Å². The number of rotatable bonds is 8. The number of nitrogens with one attached hydrogen (secondary N) is 1. The van der Waals surface area contributed by atoms with E-state index in [4.69, 9.17) is 9.47 Å². The highest BCUT2D eigenvalue weighted by atomic mass is 32.1. The van der Waals surface area contributed by atoms with Gasteiger partial charge in [-0.25, -0.2) is 0 Å². The molecule has 0 radical (unpaired) electrons. The van der Waals surface area contributed by atoms with Crippen molar-refractivity contribution in [2.45, 2.75) is 25.8 Å². The molecule has 2 aromatic rings. The van der Waals surface area contributed by atoms with Crippen molar-refractivity contribution >= 4 is 11.3 Å². The average Bonchev–Trinajstić information content (AvgIpc) is 3.03. The van der Waals surface area contributed by atoms with Gasteiger partial charge in [0.1, 0.15) is 11.5 Å².